The molecule has 4 aliphatic rings. The molecule has 598 valence electrons. The number of fused-ring (bicyclic) bond motifs is 16. The number of hydrogen-bond acceptors (Lipinski definition) is 9. The highest BCUT2D eigenvalue weighted by atomic mass is 16.1. The second-order valence-corrected chi connectivity index (χ2v) is 36.3. The fourth-order valence-electron chi connectivity index (χ4n) is 22.0. The first-order valence-electron chi connectivity index (χ1n) is 42.7. The summed E-state index contributed by atoms with van der Waals surface area (Å²) in [5.74, 6) is 0. The summed E-state index contributed by atoms with van der Waals surface area (Å²) in [5.41, 5.74) is 31.0. The minimum Gasteiger partial charge on any atom is -0.310 e. The molecule has 0 saturated heterocycles. The number of imidazole rings is 1. The van der Waals surface area contributed by atoms with E-state index in [1.54, 1.807) is 12.5 Å². The van der Waals surface area contributed by atoms with E-state index in [0.717, 1.165) is 113 Å². The van der Waals surface area contributed by atoms with Crippen molar-refractivity contribution < 1.29 is 0 Å². The summed E-state index contributed by atoms with van der Waals surface area (Å²) in [6.45, 7) is 24.6. The van der Waals surface area contributed by atoms with Gasteiger partial charge < -0.3 is 33.0 Å². The van der Waals surface area contributed by atoms with Crippen LogP contribution in [-0.2, 0) is 21.7 Å². The lowest BCUT2D eigenvalue weighted by Gasteiger charge is -2.42. The van der Waals surface area contributed by atoms with E-state index in [4.69, 9.17) is 0 Å². The Labute approximate surface area is 716 Å². The third kappa shape index (κ3) is 10.4. The third-order valence-corrected chi connectivity index (χ3v) is 27.8. The summed E-state index contributed by atoms with van der Waals surface area (Å²) in [7, 11) is 0. The first-order valence-corrected chi connectivity index (χ1v) is 42.7. The van der Waals surface area contributed by atoms with Crippen LogP contribution >= 0.6 is 0 Å². The van der Waals surface area contributed by atoms with Crippen molar-refractivity contribution in [1.82, 2.24) is 18.4 Å². The van der Waals surface area contributed by atoms with E-state index in [-0.39, 0.29) is 43.4 Å². The molecule has 15 aromatic carbocycles. The highest BCUT2D eigenvalue weighted by Gasteiger charge is 2.42. The lowest BCUT2D eigenvalue weighted by atomic mass is 9.73. The summed E-state index contributed by atoms with van der Waals surface area (Å²) in [6.07, 6.45) is 5.24. The van der Waals surface area contributed by atoms with Crippen LogP contribution in [0.5, 0.6) is 0 Å². The number of anilines is 12. The quantitative estimate of drug-likeness (QED) is 0.119. The summed E-state index contributed by atoms with van der Waals surface area (Å²) in [5, 5.41) is 4.34. The van der Waals surface area contributed by atoms with E-state index >= 15 is 19.2 Å². The minimum absolute atomic E-state index is 0.0930. The number of hydrogen-bond donors (Lipinski definition) is 0. The van der Waals surface area contributed by atoms with E-state index < -0.39 is 0 Å². The monoisotopic (exact) mass is 1610 g/mol. The first-order chi connectivity index (χ1) is 60.0. The van der Waals surface area contributed by atoms with E-state index in [1.807, 2.05) is 47.2 Å². The van der Waals surface area contributed by atoms with Gasteiger partial charge in [0.05, 0.1) is 84.9 Å². The molecular weight excluding hydrogens is 1520 g/mol. The summed E-state index contributed by atoms with van der Waals surface area (Å²) < 4.78 is 6.16. The highest BCUT2D eigenvalue weighted by molar-refractivity contribution is 6.13. The highest BCUT2D eigenvalue weighted by Crippen LogP contribution is 2.58. The SMILES string of the molecule is CC1(C)c2ccccc2N(c2ccc3c(c2)c(=O)c2cc(-n4ccnc4)cc4c(=O)c5cc(N6c7ccccc7C(C)(C)c7ccccc76)ccc5n3c24)c2ccccc21.Cc1cc(C)c(-c2cc3c(=O)c4cc(N5c6ccccc6C(C)(C)c6ccccc65)ccc4n4c5ccc(N6c7ccccc7C(C)(C)c7ccccc76)cc5c(=O)c(c2)c34)c(C)c1. The van der Waals surface area contributed by atoms with Crippen molar-refractivity contribution in [3.8, 4) is 16.8 Å². The molecule has 124 heavy (non-hydrogen) atoms. The molecule has 0 aliphatic carbocycles. The van der Waals surface area contributed by atoms with Crippen molar-refractivity contribution in [2.24, 2.45) is 0 Å². The summed E-state index contributed by atoms with van der Waals surface area (Å²) in [6, 6.07) is 106. The van der Waals surface area contributed by atoms with Gasteiger partial charge in [-0.15, -0.1) is 0 Å². The van der Waals surface area contributed by atoms with Crippen LogP contribution in [-0.4, -0.2) is 18.4 Å². The van der Waals surface area contributed by atoms with Crippen LogP contribution in [0.4, 0.5) is 68.2 Å². The topological polar surface area (TPSA) is 108 Å². The number of rotatable bonds is 6. The number of pyridine rings is 4. The van der Waals surface area contributed by atoms with Gasteiger partial charge in [-0.1, -0.05) is 219 Å². The minimum atomic E-state index is -0.219. The lowest BCUT2D eigenvalue weighted by molar-refractivity contribution is 0.632. The molecule has 0 unspecified atom stereocenters. The smallest absolute Gasteiger partial charge is 0.197 e. The molecule has 0 radical (unpaired) electrons. The average molecular weight is 1610 g/mol. The molecule has 4 aliphatic heterocycles. The molecule has 9 heterocycles. The van der Waals surface area contributed by atoms with Gasteiger partial charge in [0.1, 0.15) is 0 Å². The molecule has 0 amide bonds. The molecule has 0 saturated carbocycles. The molecule has 0 fully saturated rings. The molecule has 24 rings (SSSR count). The van der Waals surface area contributed by atoms with Gasteiger partial charge in [0.15, 0.2) is 21.7 Å². The Morgan fingerprint density at radius 3 is 0.734 bits per heavy atom. The molecule has 0 atom stereocenters. The van der Waals surface area contributed by atoms with Gasteiger partial charge in [0.2, 0.25) is 0 Å². The molecule has 20 aromatic rings. The van der Waals surface area contributed by atoms with Crippen LogP contribution < -0.4 is 41.3 Å². The standard InChI is InChI=1S/C59H47N3O2.C53H39N5O2/c1-34-28-35(2)54(36(3)29-34)37-30-42-55-43(31-37)57(64)41-33-39(61-52-22-14-10-18-46(52)59(6,7)47-19-11-15-23-53(47)61)25-27-49(41)62(55)48-26-24-38(32-40(48)56(42)63)60-50-20-12-8-16-44(50)58(4,5)45-17-9-13-21-51(45)60;1-52(2)39-13-5-9-17-45(39)56(46-18-10-6-14-40(46)52)32-21-23-43-35(27-32)50(59)37-29-34(55-26-25-54-31-55)30-38-49(37)58(43)44-24-22-33(28-36(44)51(38)60)57-47-19-11-7-15-41(47)53(3,4)42-16-8-12-20-48(42)57/h8-33H,1-7H3;5-31H,1-4H3. The van der Waals surface area contributed by atoms with Crippen molar-refractivity contribution in [2.75, 3.05) is 19.6 Å². The zero-order chi connectivity index (χ0) is 84.6. The Hall–Kier alpha value is -15.0. The van der Waals surface area contributed by atoms with Crippen LogP contribution in [0.15, 0.2) is 341 Å². The van der Waals surface area contributed by atoms with Crippen LogP contribution in [0.2, 0.25) is 0 Å². The number of benzene rings is 15. The van der Waals surface area contributed by atoms with Gasteiger partial charge in [-0.3, -0.25) is 19.2 Å². The maximum Gasteiger partial charge on any atom is 0.197 e. The normalized spacial score (nSPS) is 14.9. The second kappa shape index (κ2) is 26.5. The maximum absolute atomic E-state index is 15.4. The zero-order valence-electron chi connectivity index (χ0n) is 70.8. The van der Waals surface area contributed by atoms with Gasteiger partial charge in [-0.25, -0.2) is 4.98 Å². The molecular formula is C112H86N8O4. The Morgan fingerprint density at radius 2 is 0.492 bits per heavy atom. The maximum atomic E-state index is 15.4. The average Bonchev–Trinajstić information content (AvgIpc) is 0.805. The Bertz CT molecular complexity index is 7670. The lowest BCUT2D eigenvalue weighted by Crippen LogP contribution is -2.30. The molecule has 12 nitrogen and oxygen atoms in total. The number of aromatic nitrogens is 4. The van der Waals surface area contributed by atoms with Crippen molar-refractivity contribution in [3.05, 3.63) is 424 Å². The second-order valence-electron chi connectivity index (χ2n) is 36.3. The Balaban J connectivity index is 0.000000144. The predicted molar refractivity (Wildman–Crippen MR) is 511 cm³/mol. The fraction of sp³-hybridized carbons (Fsp3) is 0.134. The number of para-hydroxylation sites is 8. The van der Waals surface area contributed by atoms with Gasteiger partial charge in [0.25, 0.3) is 0 Å². The zero-order valence-corrected chi connectivity index (χ0v) is 70.8. The van der Waals surface area contributed by atoms with Crippen molar-refractivity contribution in [2.45, 2.75) is 97.8 Å². The van der Waals surface area contributed by atoms with Gasteiger partial charge >= 0.3 is 0 Å². The van der Waals surface area contributed by atoms with Crippen LogP contribution in [0.1, 0.15) is 117 Å². The molecule has 0 spiro atoms. The molecule has 0 bridgehead atoms. The van der Waals surface area contributed by atoms with E-state index in [1.165, 1.54) is 50.1 Å². The van der Waals surface area contributed by atoms with Gasteiger partial charge in [-0.05, 0) is 233 Å². The molecule has 5 aromatic heterocycles. The Kier molecular flexibility index (Phi) is 15.8. The van der Waals surface area contributed by atoms with Crippen molar-refractivity contribution in [3.63, 3.8) is 0 Å². The Morgan fingerprint density at radius 1 is 0.258 bits per heavy atom. The van der Waals surface area contributed by atoms with Gasteiger partial charge in [0, 0.05) is 106 Å². The fourth-order valence-corrected chi connectivity index (χ4v) is 22.0. The number of aryl methyl sites for hydroxylation is 3. The predicted octanol–water partition coefficient (Wildman–Crippen LogP) is 26.3. The molecule has 0 N–H and O–H groups in total. The van der Waals surface area contributed by atoms with E-state index in [0.29, 0.717) is 59.8 Å². The summed E-state index contributed by atoms with van der Waals surface area (Å²) >= 11 is 0. The van der Waals surface area contributed by atoms with E-state index in [9.17, 15) is 0 Å². The largest absolute Gasteiger partial charge is 0.310 e. The summed E-state index contributed by atoms with van der Waals surface area (Å²) in [4.78, 5) is 74.4. The van der Waals surface area contributed by atoms with E-state index in [2.05, 4.69) is 376 Å². The van der Waals surface area contributed by atoms with Crippen LogP contribution in [0.25, 0.3) is 93.0 Å². The number of nitrogens with zero attached hydrogens (tertiary/aromatic N) is 8. The van der Waals surface area contributed by atoms with Crippen molar-refractivity contribution in [1.29, 1.82) is 0 Å². The van der Waals surface area contributed by atoms with Crippen LogP contribution in [0, 0.1) is 20.8 Å². The van der Waals surface area contributed by atoms with Crippen molar-refractivity contribution >= 4 is 144 Å². The first kappa shape index (κ1) is 74.1. The van der Waals surface area contributed by atoms with Gasteiger partial charge in [-0.2, -0.15) is 0 Å². The molecule has 12 heteroatoms. The third-order valence-electron chi connectivity index (χ3n) is 27.8. The van der Waals surface area contributed by atoms with Crippen LogP contribution in [0.3, 0.4) is 0 Å².